The highest BCUT2D eigenvalue weighted by molar-refractivity contribution is 5.24. The first-order chi connectivity index (χ1) is 3.18. The molecule has 7 heavy (non-hydrogen) atoms. The molecule has 0 unspecified atom stereocenters. The summed E-state index contributed by atoms with van der Waals surface area (Å²) in [4.78, 5) is 0. The van der Waals surface area contributed by atoms with E-state index in [4.69, 9.17) is 0 Å². The van der Waals surface area contributed by atoms with Gasteiger partial charge in [0.25, 0.3) is 0 Å². The van der Waals surface area contributed by atoms with Gasteiger partial charge in [-0.1, -0.05) is 13.8 Å². The van der Waals surface area contributed by atoms with Crippen LogP contribution in [0.25, 0.3) is 0 Å². The molecule has 0 heterocycles. The highest BCUT2D eigenvalue weighted by atomic mass is 14.0. The molecule has 0 aliphatic rings. The monoisotopic (exact) mass is 95.1 g/mol. The van der Waals surface area contributed by atoms with E-state index in [1.165, 1.54) is 5.92 Å². The third kappa shape index (κ3) is 2.10. The molecule has 0 fully saturated rings. The molecule has 0 heteroatoms. The summed E-state index contributed by atoms with van der Waals surface area (Å²) in [5.41, 5.74) is 1.09. The van der Waals surface area contributed by atoms with E-state index < -0.39 is 0 Å². The maximum atomic E-state index is 3.72. The van der Waals surface area contributed by atoms with Crippen LogP contribution in [0.15, 0.2) is 24.8 Å². The van der Waals surface area contributed by atoms with Gasteiger partial charge in [0.1, 0.15) is 0 Å². The van der Waals surface area contributed by atoms with Gasteiger partial charge in [0.15, 0.2) is 0 Å². The molecule has 0 rings (SSSR count). The smallest absolute Gasteiger partial charge is 0.0628 e. The Labute approximate surface area is 45.5 Å². The lowest BCUT2D eigenvalue weighted by Gasteiger charge is -2.10. The quantitative estimate of drug-likeness (QED) is 0.462. The second-order valence-corrected chi connectivity index (χ2v) is 1.67. The molecule has 0 spiro atoms. The van der Waals surface area contributed by atoms with Gasteiger partial charge in [-0.15, -0.1) is 0 Å². The maximum Gasteiger partial charge on any atom is -0.0628 e. The van der Waals surface area contributed by atoms with Gasteiger partial charge < -0.3 is 0 Å². The summed E-state index contributed by atoms with van der Waals surface area (Å²) in [6.45, 7) is 11.3. The average molecular weight is 95.2 g/mol. The first-order valence-electron chi connectivity index (χ1n) is 2.30. The van der Waals surface area contributed by atoms with Crippen molar-refractivity contribution in [1.82, 2.24) is 0 Å². The Morgan fingerprint density at radius 3 is 2.14 bits per heavy atom. The molecule has 0 aromatic heterocycles. The highest BCUT2D eigenvalue weighted by Crippen LogP contribution is 2.08. The average Bonchev–Trinajstić information content (AvgIpc) is 1.65. The van der Waals surface area contributed by atoms with Crippen LogP contribution in [-0.4, -0.2) is 0 Å². The van der Waals surface area contributed by atoms with E-state index in [1.54, 1.807) is 0 Å². The van der Waals surface area contributed by atoms with Crippen molar-refractivity contribution >= 4 is 0 Å². The van der Waals surface area contributed by atoms with Gasteiger partial charge in [-0.05, 0) is 0 Å². The van der Waals surface area contributed by atoms with Gasteiger partial charge in [-0.2, -0.15) is 30.7 Å². The summed E-state index contributed by atoms with van der Waals surface area (Å²) in [6.07, 6.45) is 1.81. The minimum absolute atomic E-state index is 1.09. The van der Waals surface area contributed by atoms with Crippen molar-refractivity contribution in [3.8, 4) is 0 Å². The van der Waals surface area contributed by atoms with Crippen LogP contribution in [0.3, 0.4) is 0 Å². The molecule has 0 aromatic rings. The number of hydrogen-bond acceptors (Lipinski definition) is 0. The fraction of sp³-hybridized carbons (Fsp3) is 0.286. The molecule has 0 N–H and O–H groups in total. The van der Waals surface area contributed by atoms with Gasteiger partial charge in [0, 0.05) is 0 Å². The predicted octanol–water partition coefficient (Wildman–Crippen LogP) is 2.34. The Kier molecular flexibility index (Phi) is 2.28. The minimum atomic E-state index is 1.09. The fourth-order valence-electron chi connectivity index (χ4n) is 0.174. The first-order valence-corrected chi connectivity index (χ1v) is 2.30. The molecular weight excluding hydrogens is 84.1 g/mol. The van der Waals surface area contributed by atoms with E-state index in [2.05, 4.69) is 13.2 Å². The number of hydrogen-bond donors (Lipinski definition) is 0. The lowest BCUT2D eigenvalue weighted by Crippen LogP contribution is -1.82. The number of allylic oxidation sites excluding steroid dienone is 2. The Hall–Kier alpha value is -0.650. The van der Waals surface area contributed by atoms with Crippen molar-refractivity contribution in [2.45, 2.75) is 13.8 Å². The van der Waals surface area contributed by atoms with E-state index in [0.717, 1.165) is 5.57 Å². The van der Waals surface area contributed by atoms with Gasteiger partial charge >= 0.3 is 0 Å². The summed E-state index contributed by atoms with van der Waals surface area (Å²) < 4.78 is 0. The van der Waals surface area contributed by atoms with Gasteiger partial charge in [-0.25, -0.2) is 0 Å². The molecule has 0 aromatic carbocycles. The SMILES string of the molecule is C=C[C-](C)C(=C)C. The zero-order chi connectivity index (χ0) is 5.86. The van der Waals surface area contributed by atoms with Crippen molar-refractivity contribution in [1.29, 1.82) is 0 Å². The lowest BCUT2D eigenvalue weighted by atomic mass is 10.1. The van der Waals surface area contributed by atoms with Crippen LogP contribution in [0.1, 0.15) is 13.8 Å². The second-order valence-electron chi connectivity index (χ2n) is 1.67. The topological polar surface area (TPSA) is 0 Å². The molecule has 0 amide bonds. The third-order valence-corrected chi connectivity index (χ3v) is 0.979. The van der Waals surface area contributed by atoms with Crippen molar-refractivity contribution in [3.05, 3.63) is 30.7 Å². The first kappa shape index (κ1) is 6.35. The van der Waals surface area contributed by atoms with Crippen LogP contribution in [0.4, 0.5) is 0 Å². The Morgan fingerprint density at radius 1 is 1.71 bits per heavy atom. The molecule has 0 radical (unpaired) electrons. The van der Waals surface area contributed by atoms with Crippen LogP contribution in [0.2, 0.25) is 0 Å². The predicted molar refractivity (Wildman–Crippen MR) is 33.9 cm³/mol. The molecule has 0 aliphatic heterocycles. The summed E-state index contributed by atoms with van der Waals surface area (Å²) in [5, 5.41) is 0. The Balaban J connectivity index is 3.55. The van der Waals surface area contributed by atoms with Crippen molar-refractivity contribution < 1.29 is 0 Å². The van der Waals surface area contributed by atoms with E-state index in [9.17, 15) is 0 Å². The van der Waals surface area contributed by atoms with E-state index in [1.807, 2.05) is 19.9 Å². The molecular formula is C7H11-. The zero-order valence-corrected chi connectivity index (χ0v) is 4.99. The van der Waals surface area contributed by atoms with E-state index in [0.29, 0.717) is 0 Å². The van der Waals surface area contributed by atoms with Gasteiger partial charge in [0.2, 0.25) is 0 Å². The molecule has 0 saturated carbocycles. The summed E-state index contributed by atoms with van der Waals surface area (Å²) in [5.74, 6) is 1.17. The molecule has 0 bridgehead atoms. The van der Waals surface area contributed by atoms with Gasteiger partial charge in [0.05, 0.1) is 0 Å². The van der Waals surface area contributed by atoms with Crippen LogP contribution < -0.4 is 0 Å². The fourth-order valence-corrected chi connectivity index (χ4v) is 0.174. The van der Waals surface area contributed by atoms with Crippen molar-refractivity contribution in [3.63, 3.8) is 0 Å². The largest absolute Gasteiger partial charge is 0.194 e. The summed E-state index contributed by atoms with van der Waals surface area (Å²) >= 11 is 0. The summed E-state index contributed by atoms with van der Waals surface area (Å²) in [6, 6.07) is 0. The van der Waals surface area contributed by atoms with Crippen LogP contribution in [0.5, 0.6) is 0 Å². The van der Waals surface area contributed by atoms with Gasteiger partial charge in [-0.3, -0.25) is 0 Å². The molecule has 0 nitrogen and oxygen atoms in total. The maximum absolute atomic E-state index is 3.72. The minimum Gasteiger partial charge on any atom is -0.194 e. The highest BCUT2D eigenvalue weighted by Gasteiger charge is 1.80. The van der Waals surface area contributed by atoms with Crippen molar-refractivity contribution in [2.75, 3.05) is 0 Å². The third-order valence-electron chi connectivity index (χ3n) is 0.979. The lowest BCUT2D eigenvalue weighted by molar-refractivity contribution is 1.22. The number of rotatable bonds is 2. The van der Waals surface area contributed by atoms with E-state index in [-0.39, 0.29) is 0 Å². The van der Waals surface area contributed by atoms with Crippen LogP contribution in [-0.2, 0) is 0 Å². The van der Waals surface area contributed by atoms with Crippen molar-refractivity contribution in [2.24, 2.45) is 0 Å². The van der Waals surface area contributed by atoms with E-state index >= 15 is 0 Å². The standard InChI is InChI=1S/C7H11/c1-5-7(4)6(2)3/h5H,1-2H2,3-4H3/q-1. The summed E-state index contributed by atoms with van der Waals surface area (Å²) in [7, 11) is 0. The second kappa shape index (κ2) is 2.51. The van der Waals surface area contributed by atoms with Crippen LogP contribution in [0, 0.1) is 5.92 Å². The molecule has 0 atom stereocenters. The molecule has 40 valence electrons. The molecule has 0 saturated heterocycles. The normalized spacial score (nSPS) is 7.71. The zero-order valence-electron chi connectivity index (χ0n) is 4.99. The Morgan fingerprint density at radius 2 is 2.14 bits per heavy atom. The molecule has 0 aliphatic carbocycles. The Bertz CT molecular complexity index is 80.0. The van der Waals surface area contributed by atoms with Crippen LogP contribution >= 0.6 is 0 Å².